The number of rotatable bonds is 5. The Kier molecular flexibility index (Phi) is 3.90. The van der Waals surface area contributed by atoms with E-state index in [1.54, 1.807) is 30.8 Å². The molecule has 0 aliphatic heterocycles. The van der Waals surface area contributed by atoms with Gasteiger partial charge < -0.3 is 0 Å². The molecule has 0 amide bonds. The van der Waals surface area contributed by atoms with Crippen molar-refractivity contribution in [3.8, 4) is 6.07 Å². The van der Waals surface area contributed by atoms with Crippen LogP contribution in [0.25, 0.3) is 0 Å². The van der Waals surface area contributed by atoms with Crippen molar-refractivity contribution in [1.29, 1.82) is 5.26 Å². The standard InChI is InChI=1S/C13H16N2O2S2/c1-10-3-4-11(8-14)7-12(10)19(16,17)15-9-13(18-2)5-6-13/h3-4,7,15H,5-6,9H2,1-2H3. The topological polar surface area (TPSA) is 70.0 Å². The molecule has 0 spiro atoms. The number of hydrogen-bond donors (Lipinski definition) is 1. The van der Waals surface area contributed by atoms with E-state index in [-0.39, 0.29) is 9.64 Å². The third-order valence-corrected chi connectivity index (χ3v) is 6.39. The summed E-state index contributed by atoms with van der Waals surface area (Å²) < 4.78 is 27.3. The highest BCUT2D eigenvalue weighted by Crippen LogP contribution is 2.46. The maximum atomic E-state index is 12.3. The Balaban J connectivity index is 2.22. The number of benzene rings is 1. The first kappa shape index (κ1) is 14.4. The molecule has 0 atom stereocenters. The van der Waals surface area contributed by atoms with Crippen LogP contribution < -0.4 is 4.72 Å². The van der Waals surface area contributed by atoms with Crippen molar-refractivity contribution in [3.63, 3.8) is 0 Å². The van der Waals surface area contributed by atoms with Crippen molar-refractivity contribution >= 4 is 21.8 Å². The number of nitriles is 1. The predicted octanol–water partition coefficient (Wildman–Crippen LogP) is 2.04. The lowest BCUT2D eigenvalue weighted by molar-refractivity contribution is 0.579. The molecule has 6 heteroatoms. The molecule has 4 nitrogen and oxygen atoms in total. The highest BCUT2D eigenvalue weighted by Gasteiger charge is 2.42. The minimum atomic E-state index is -3.54. The Morgan fingerprint density at radius 2 is 2.16 bits per heavy atom. The molecule has 0 bridgehead atoms. The molecule has 0 aromatic heterocycles. The molecule has 1 aliphatic carbocycles. The van der Waals surface area contributed by atoms with E-state index in [0.29, 0.717) is 17.7 Å². The first-order chi connectivity index (χ1) is 8.92. The smallest absolute Gasteiger partial charge is 0.210 e. The van der Waals surface area contributed by atoms with Crippen LogP contribution in [0.15, 0.2) is 23.1 Å². The van der Waals surface area contributed by atoms with Gasteiger partial charge in [0.1, 0.15) is 0 Å². The molecule has 1 aromatic carbocycles. The summed E-state index contributed by atoms with van der Waals surface area (Å²) in [4.78, 5) is 0.198. The van der Waals surface area contributed by atoms with Crippen LogP contribution in [0.2, 0.25) is 0 Å². The van der Waals surface area contributed by atoms with Gasteiger partial charge in [0.05, 0.1) is 16.5 Å². The molecule has 1 N–H and O–H groups in total. The second-order valence-electron chi connectivity index (χ2n) is 4.80. The van der Waals surface area contributed by atoms with Gasteiger partial charge in [0.15, 0.2) is 0 Å². The second-order valence-corrected chi connectivity index (χ2v) is 7.81. The molecule has 0 radical (unpaired) electrons. The molecule has 19 heavy (non-hydrogen) atoms. The molecule has 2 rings (SSSR count). The summed E-state index contributed by atoms with van der Waals surface area (Å²) in [5.41, 5.74) is 1.01. The maximum Gasteiger partial charge on any atom is 0.240 e. The number of nitrogens with one attached hydrogen (secondary N) is 1. The normalized spacial score (nSPS) is 16.9. The van der Waals surface area contributed by atoms with Crippen molar-refractivity contribution in [2.45, 2.75) is 29.4 Å². The van der Waals surface area contributed by atoms with Gasteiger partial charge in [-0.05, 0) is 43.7 Å². The van der Waals surface area contributed by atoms with Gasteiger partial charge >= 0.3 is 0 Å². The van der Waals surface area contributed by atoms with Crippen LogP contribution in [0.5, 0.6) is 0 Å². The van der Waals surface area contributed by atoms with Gasteiger partial charge in [-0.15, -0.1) is 0 Å². The van der Waals surface area contributed by atoms with E-state index >= 15 is 0 Å². The molecular formula is C13H16N2O2S2. The second kappa shape index (κ2) is 5.16. The van der Waals surface area contributed by atoms with Crippen molar-refractivity contribution in [2.24, 2.45) is 0 Å². The third kappa shape index (κ3) is 3.11. The molecule has 0 heterocycles. The van der Waals surface area contributed by atoms with Crippen LogP contribution in [0.1, 0.15) is 24.0 Å². The van der Waals surface area contributed by atoms with Crippen molar-refractivity contribution in [1.82, 2.24) is 4.72 Å². The Bertz CT molecular complexity index is 629. The maximum absolute atomic E-state index is 12.3. The van der Waals surface area contributed by atoms with E-state index in [9.17, 15) is 8.42 Å². The third-order valence-electron chi connectivity index (χ3n) is 3.43. The number of hydrogen-bond acceptors (Lipinski definition) is 4. The lowest BCUT2D eigenvalue weighted by atomic mass is 10.2. The Hall–Kier alpha value is -1.03. The summed E-state index contributed by atoms with van der Waals surface area (Å²) in [6, 6.07) is 6.68. The zero-order valence-electron chi connectivity index (χ0n) is 10.9. The van der Waals surface area contributed by atoms with E-state index < -0.39 is 10.0 Å². The van der Waals surface area contributed by atoms with Gasteiger partial charge in [-0.25, -0.2) is 13.1 Å². The number of sulfonamides is 1. The van der Waals surface area contributed by atoms with Crippen LogP contribution in [0, 0.1) is 18.3 Å². The highest BCUT2D eigenvalue weighted by atomic mass is 32.2. The van der Waals surface area contributed by atoms with Gasteiger partial charge in [0, 0.05) is 11.3 Å². The van der Waals surface area contributed by atoms with Crippen LogP contribution in [-0.4, -0.2) is 26.0 Å². The molecule has 1 fully saturated rings. The summed E-state index contributed by atoms with van der Waals surface area (Å²) in [7, 11) is -3.54. The van der Waals surface area contributed by atoms with Crippen molar-refractivity contribution in [2.75, 3.05) is 12.8 Å². The summed E-state index contributed by atoms with van der Waals surface area (Å²) in [5, 5.41) is 8.86. The van der Waals surface area contributed by atoms with E-state index in [4.69, 9.17) is 5.26 Å². The van der Waals surface area contributed by atoms with E-state index in [1.807, 2.05) is 12.3 Å². The molecule has 0 unspecified atom stereocenters. The lowest BCUT2D eigenvalue weighted by Crippen LogP contribution is -2.32. The average Bonchev–Trinajstić information content (AvgIpc) is 3.18. The summed E-state index contributed by atoms with van der Waals surface area (Å²) in [6.45, 7) is 2.18. The van der Waals surface area contributed by atoms with Gasteiger partial charge in [0.25, 0.3) is 0 Å². The van der Waals surface area contributed by atoms with Gasteiger partial charge in [0.2, 0.25) is 10.0 Å². The summed E-state index contributed by atoms with van der Waals surface area (Å²) in [5.74, 6) is 0. The fraction of sp³-hybridized carbons (Fsp3) is 0.462. The molecule has 1 aromatic rings. The Morgan fingerprint density at radius 1 is 1.47 bits per heavy atom. The molecule has 102 valence electrons. The summed E-state index contributed by atoms with van der Waals surface area (Å²) in [6.07, 6.45) is 4.10. The summed E-state index contributed by atoms with van der Waals surface area (Å²) >= 11 is 1.71. The van der Waals surface area contributed by atoms with Gasteiger partial charge in [-0.3, -0.25) is 0 Å². The number of aryl methyl sites for hydroxylation is 1. The first-order valence-electron chi connectivity index (χ1n) is 5.98. The number of nitrogens with zero attached hydrogens (tertiary/aromatic N) is 1. The SMILES string of the molecule is CSC1(CNS(=O)(=O)c2cc(C#N)ccc2C)CC1. The van der Waals surface area contributed by atoms with E-state index in [1.165, 1.54) is 6.07 Å². The zero-order chi connectivity index (χ0) is 14.1. The van der Waals surface area contributed by atoms with Crippen molar-refractivity contribution < 1.29 is 8.42 Å². The van der Waals surface area contributed by atoms with Crippen molar-refractivity contribution in [3.05, 3.63) is 29.3 Å². The van der Waals surface area contributed by atoms with Crippen LogP contribution >= 0.6 is 11.8 Å². The molecule has 1 aliphatic rings. The minimum Gasteiger partial charge on any atom is -0.210 e. The first-order valence-corrected chi connectivity index (χ1v) is 8.69. The monoisotopic (exact) mass is 296 g/mol. The minimum absolute atomic E-state index is 0.0772. The Morgan fingerprint density at radius 3 is 2.68 bits per heavy atom. The van der Waals surface area contributed by atoms with Gasteiger partial charge in [-0.2, -0.15) is 17.0 Å². The molecular weight excluding hydrogens is 280 g/mol. The average molecular weight is 296 g/mol. The molecule has 1 saturated carbocycles. The van der Waals surface area contributed by atoms with Crippen LogP contribution in [-0.2, 0) is 10.0 Å². The van der Waals surface area contributed by atoms with E-state index in [0.717, 1.165) is 12.8 Å². The Labute approximate surface area is 118 Å². The zero-order valence-corrected chi connectivity index (χ0v) is 12.6. The fourth-order valence-corrected chi connectivity index (χ4v) is 4.07. The molecule has 0 saturated heterocycles. The van der Waals surface area contributed by atoms with E-state index in [2.05, 4.69) is 4.72 Å². The quantitative estimate of drug-likeness (QED) is 0.902. The fourth-order valence-electron chi connectivity index (χ4n) is 1.86. The van der Waals surface area contributed by atoms with Crippen LogP contribution in [0.3, 0.4) is 0 Å². The predicted molar refractivity (Wildman–Crippen MR) is 76.6 cm³/mol. The highest BCUT2D eigenvalue weighted by molar-refractivity contribution is 8.00. The largest absolute Gasteiger partial charge is 0.240 e. The van der Waals surface area contributed by atoms with Crippen LogP contribution in [0.4, 0.5) is 0 Å². The van der Waals surface area contributed by atoms with Gasteiger partial charge in [-0.1, -0.05) is 6.07 Å². The lowest BCUT2D eigenvalue weighted by Gasteiger charge is -2.14. The number of thioether (sulfide) groups is 1.